The molecule has 0 saturated heterocycles. The number of rotatable bonds is 6. The summed E-state index contributed by atoms with van der Waals surface area (Å²) >= 11 is 0. The van der Waals surface area contributed by atoms with Crippen LogP contribution in [-0.4, -0.2) is 25.4 Å². The molecule has 0 radical (unpaired) electrons. The summed E-state index contributed by atoms with van der Waals surface area (Å²) in [5.74, 6) is -0.0692. The minimum absolute atomic E-state index is 0.0125. The quantitative estimate of drug-likeness (QED) is 0.860. The van der Waals surface area contributed by atoms with Crippen molar-refractivity contribution in [3.05, 3.63) is 29.6 Å². The van der Waals surface area contributed by atoms with Crippen molar-refractivity contribution in [1.82, 2.24) is 5.32 Å². The highest BCUT2D eigenvalue weighted by atomic mass is 19.1. The third-order valence-electron chi connectivity index (χ3n) is 2.55. The van der Waals surface area contributed by atoms with E-state index < -0.39 is 0 Å². The van der Waals surface area contributed by atoms with Crippen molar-refractivity contribution in [2.45, 2.75) is 45.9 Å². The van der Waals surface area contributed by atoms with Gasteiger partial charge in [-0.05, 0) is 45.4 Å². The van der Waals surface area contributed by atoms with Crippen molar-refractivity contribution < 1.29 is 13.9 Å². The van der Waals surface area contributed by atoms with E-state index in [0.29, 0.717) is 13.2 Å². The van der Waals surface area contributed by atoms with Gasteiger partial charge in [-0.1, -0.05) is 6.07 Å². The first-order chi connectivity index (χ1) is 8.81. The molecular formula is C15H24FNO2. The summed E-state index contributed by atoms with van der Waals surface area (Å²) < 4.78 is 24.3. The third-order valence-corrected chi connectivity index (χ3v) is 2.55. The standard InChI is InChI=1S/C15H24FNO2/c1-11(10-18-5)19-14-7-6-12(8-13(14)16)9-17-15(2,3)4/h6-8,11,17H,9-10H2,1-5H3. The fourth-order valence-electron chi connectivity index (χ4n) is 1.60. The van der Waals surface area contributed by atoms with E-state index in [1.807, 2.05) is 13.0 Å². The summed E-state index contributed by atoms with van der Waals surface area (Å²) in [6.45, 7) is 9.15. The third kappa shape index (κ3) is 6.03. The second kappa shape index (κ2) is 6.87. The highest BCUT2D eigenvalue weighted by molar-refractivity contribution is 5.29. The van der Waals surface area contributed by atoms with Crippen molar-refractivity contribution >= 4 is 0 Å². The monoisotopic (exact) mass is 269 g/mol. The van der Waals surface area contributed by atoms with Crippen LogP contribution in [0.4, 0.5) is 4.39 Å². The molecule has 0 fully saturated rings. The van der Waals surface area contributed by atoms with Gasteiger partial charge in [0.15, 0.2) is 11.6 Å². The maximum Gasteiger partial charge on any atom is 0.165 e. The molecule has 19 heavy (non-hydrogen) atoms. The van der Waals surface area contributed by atoms with Crippen LogP contribution in [0, 0.1) is 5.82 Å². The molecule has 0 aromatic heterocycles. The predicted molar refractivity (Wildman–Crippen MR) is 75.0 cm³/mol. The van der Waals surface area contributed by atoms with Crippen LogP contribution in [0.2, 0.25) is 0 Å². The number of ether oxygens (including phenoxy) is 2. The van der Waals surface area contributed by atoms with Gasteiger partial charge in [-0.15, -0.1) is 0 Å². The van der Waals surface area contributed by atoms with Gasteiger partial charge in [0, 0.05) is 19.2 Å². The molecule has 1 atom stereocenters. The lowest BCUT2D eigenvalue weighted by molar-refractivity contribution is 0.0892. The normalized spacial score (nSPS) is 13.4. The van der Waals surface area contributed by atoms with Gasteiger partial charge in [-0.3, -0.25) is 0 Å². The van der Waals surface area contributed by atoms with Crippen molar-refractivity contribution in [2.75, 3.05) is 13.7 Å². The van der Waals surface area contributed by atoms with E-state index in [4.69, 9.17) is 9.47 Å². The molecule has 1 N–H and O–H groups in total. The molecule has 0 heterocycles. The zero-order valence-electron chi connectivity index (χ0n) is 12.4. The maximum absolute atomic E-state index is 13.9. The van der Waals surface area contributed by atoms with Gasteiger partial charge in [0.05, 0.1) is 6.61 Å². The lowest BCUT2D eigenvalue weighted by Gasteiger charge is -2.21. The van der Waals surface area contributed by atoms with E-state index in [9.17, 15) is 4.39 Å². The topological polar surface area (TPSA) is 30.5 Å². The van der Waals surface area contributed by atoms with Gasteiger partial charge in [0.2, 0.25) is 0 Å². The van der Waals surface area contributed by atoms with Crippen LogP contribution < -0.4 is 10.1 Å². The molecule has 108 valence electrons. The van der Waals surface area contributed by atoms with Crippen LogP contribution in [0.1, 0.15) is 33.3 Å². The summed E-state index contributed by atoms with van der Waals surface area (Å²) in [4.78, 5) is 0. The van der Waals surface area contributed by atoms with E-state index in [2.05, 4.69) is 26.1 Å². The molecule has 0 bridgehead atoms. The molecule has 1 aromatic carbocycles. The molecule has 1 rings (SSSR count). The van der Waals surface area contributed by atoms with Crippen molar-refractivity contribution in [1.29, 1.82) is 0 Å². The lowest BCUT2D eigenvalue weighted by Crippen LogP contribution is -2.35. The fourth-order valence-corrected chi connectivity index (χ4v) is 1.60. The number of nitrogens with one attached hydrogen (secondary N) is 1. The maximum atomic E-state index is 13.9. The Bertz CT molecular complexity index is 402. The minimum Gasteiger partial charge on any atom is -0.485 e. The SMILES string of the molecule is COCC(C)Oc1ccc(CNC(C)(C)C)cc1F. The zero-order valence-corrected chi connectivity index (χ0v) is 12.4. The van der Waals surface area contributed by atoms with E-state index in [1.54, 1.807) is 13.2 Å². The zero-order chi connectivity index (χ0) is 14.5. The average molecular weight is 269 g/mol. The molecule has 1 aromatic rings. The molecule has 0 aliphatic carbocycles. The Hall–Kier alpha value is -1.13. The Morgan fingerprint density at radius 2 is 2.00 bits per heavy atom. The Morgan fingerprint density at radius 1 is 1.32 bits per heavy atom. The smallest absolute Gasteiger partial charge is 0.165 e. The van der Waals surface area contributed by atoms with Gasteiger partial charge >= 0.3 is 0 Å². The molecule has 0 saturated carbocycles. The molecule has 0 aliphatic heterocycles. The van der Waals surface area contributed by atoms with Gasteiger partial charge in [-0.2, -0.15) is 0 Å². The van der Waals surface area contributed by atoms with Crippen LogP contribution >= 0.6 is 0 Å². The number of halogens is 1. The molecule has 0 spiro atoms. The number of methoxy groups -OCH3 is 1. The summed E-state index contributed by atoms with van der Waals surface area (Å²) in [7, 11) is 1.59. The van der Waals surface area contributed by atoms with Crippen molar-refractivity contribution in [3.8, 4) is 5.75 Å². The van der Waals surface area contributed by atoms with Crippen LogP contribution in [-0.2, 0) is 11.3 Å². The Balaban J connectivity index is 2.64. The molecule has 3 nitrogen and oxygen atoms in total. The first-order valence-corrected chi connectivity index (χ1v) is 6.51. The highest BCUT2D eigenvalue weighted by Gasteiger charge is 2.11. The summed E-state index contributed by atoms with van der Waals surface area (Å²) in [5, 5.41) is 3.32. The average Bonchev–Trinajstić information content (AvgIpc) is 2.29. The summed E-state index contributed by atoms with van der Waals surface area (Å²) in [6.07, 6.45) is -0.168. The van der Waals surface area contributed by atoms with Crippen LogP contribution in [0.5, 0.6) is 5.75 Å². The van der Waals surface area contributed by atoms with E-state index in [1.165, 1.54) is 6.07 Å². The van der Waals surface area contributed by atoms with Gasteiger partial charge in [0.25, 0.3) is 0 Å². The lowest BCUT2D eigenvalue weighted by atomic mass is 10.1. The molecule has 0 amide bonds. The van der Waals surface area contributed by atoms with Crippen LogP contribution in [0.3, 0.4) is 0 Å². The number of benzene rings is 1. The first-order valence-electron chi connectivity index (χ1n) is 6.51. The van der Waals surface area contributed by atoms with Gasteiger partial charge < -0.3 is 14.8 Å². The van der Waals surface area contributed by atoms with Gasteiger partial charge in [-0.25, -0.2) is 4.39 Å². The summed E-state index contributed by atoms with van der Waals surface area (Å²) in [5.41, 5.74) is 0.915. The number of hydrogen-bond donors (Lipinski definition) is 1. The second-order valence-electron chi connectivity index (χ2n) is 5.75. The van der Waals surface area contributed by atoms with E-state index >= 15 is 0 Å². The minimum atomic E-state index is -0.337. The number of hydrogen-bond acceptors (Lipinski definition) is 3. The summed E-state index contributed by atoms with van der Waals surface area (Å²) in [6, 6.07) is 5.05. The van der Waals surface area contributed by atoms with Crippen LogP contribution in [0.15, 0.2) is 18.2 Å². The van der Waals surface area contributed by atoms with Crippen LogP contribution in [0.25, 0.3) is 0 Å². The van der Waals surface area contributed by atoms with E-state index in [0.717, 1.165) is 5.56 Å². The second-order valence-corrected chi connectivity index (χ2v) is 5.75. The Kier molecular flexibility index (Phi) is 5.76. The van der Waals surface area contributed by atoms with E-state index in [-0.39, 0.29) is 23.2 Å². The largest absolute Gasteiger partial charge is 0.485 e. The first kappa shape index (κ1) is 15.9. The Morgan fingerprint density at radius 3 is 2.53 bits per heavy atom. The van der Waals surface area contributed by atoms with Crippen molar-refractivity contribution in [2.24, 2.45) is 0 Å². The van der Waals surface area contributed by atoms with Gasteiger partial charge in [0.1, 0.15) is 6.10 Å². The molecule has 0 aliphatic rings. The molecular weight excluding hydrogens is 245 g/mol. The molecule has 1 unspecified atom stereocenters. The highest BCUT2D eigenvalue weighted by Crippen LogP contribution is 2.20. The Labute approximate surface area is 115 Å². The fraction of sp³-hybridized carbons (Fsp3) is 0.600. The van der Waals surface area contributed by atoms with Crippen molar-refractivity contribution in [3.63, 3.8) is 0 Å². The predicted octanol–water partition coefficient (Wildman–Crippen LogP) is 3.13. The molecule has 4 heteroatoms.